The molecule has 0 saturated heterocycles. The van der Waals surface area contributed by atoms with Crippen molar-refractivity contribution in [2.24, 2.45) is 0 Å². The van der Waals surface area contributed by atoms with Crippen molar-refractivity contribution in [3.05, 3.63) is 223 Å². The van der Waals surface area contributed by atoms with Crippen LogP contribution in [0.4, 0.5) is 0 Å². The van der Waals surface area contributed by atoms with E-state index >= 15 is 0 Å². The molecular formula is C58H35N3O2. The van der Waals surface area contributed by atoms with Crippen LogP contribution in [0, 0.1) is 0 Å². The first kappa shape index (κ1) is 35.4. The topological polar surface area (TPSA) is 65.0 Å². The molecule has 1 atom stereocenters. The fourth-order valence-electron chi connectivity index (χ4n) is 9.75. The van der Waals surface area contributed by atoms with E-state index in [-0.39, 0.29) is 5.92 Å². The molecule has 63 heavy (non-hydrogen) atoms. The van der Waals surface area contributed by atoms with Crippen molar-refractivity contribution in [1.29, 1.82) is 0 Å². The van der Waals surface area contributed by atoms with Gasteiger partial charge in [0, 0.05) is 44.2 Å². The van der Waals surface area contributed by atoms with Crippen LogP contribution in [-0.2, 0) is 0 Å². The molecule has 0 aliphatic heterocycles. The number of fused-ring (bicyclic) bond motifs is 9. The van der Waals surface area contributed by atoms with Gasteiger partial charge in [-0.3, -0.25) is 0 Å². The molecule has 0 spiro atoms. The molecule has 5 heteroatoms. The summed E-state index contributed by atoms with van der Waals surface area (Å²) in [5.41, 5.74) is 17.1. The lowest BCUT2D eigenvalue weighted by Crippen LogP contribution is -2.00. The average Bonchev–Trinajstić information content (AvgIpc) is 4.03. The molecule has 3 aromatic heterocycles. The van der Waals surface area contributed by atoms with Crippen LogP contribution >= 0.6 is 0 Å². The first-order valence-electron chi connectivity index (χ1n) is 21.3. The minimum Gasteiger partial charge on any atom is -0.456 e. The van der Waals surface area contributed by atoms with E-state index in [2.05, 4.69) is 133 Å². The standard InChI is InChI=1S/C58H35N3O2/c1-4-14-35(15-5-1)38-26-29-44-46(32-38)42-20-10-11-21-43(42)53(44)40-28-31-50-48(34-40)54-41(22-12-24-51(54)62-50)39-27-30-49-47(33-39)55-45(23-13-25-52(55)63-49)58-60-56(36-16-6-2-7-17-36)59-57(61-58)37-18-8-3-9-19-37/h1-34,53H. The molecule has 0 bridgehead atoms. The van der Waals surface area contributed by atoms with E-state index in [9.17, 15) is 0 Å². The summed E-state index contributed by atoms with van der Waals surface area (Å²) in [5, 5.41) is 4.12. The SMILES string of the molecule is c1ccc(-c2ccc3c(c2)-c2ccccc2C3c2ccc3oc4cccc(-c5ccc6oc7cccc(-c8nc(-c9ccccc9)nc(-c9ccccc9)n8)c7c6c5)c4c3c2)cc1. The highest BCUT2D eigenvalue weighted by molar-refractivity contribution is 6.16. The smallest absolute Gasteiger partial charge is 0.164 e. The molecule has 1 aliphatic rings. The highest BCUT2D eigenvalue weighted by Gasteiger charge is 2.31. The molecule has 0 fully saturated rings. The second-order valence-electron chi connectivity index (χ2n) is 16.3. The maximum atomic E-state index is 6.61. The van der Waals surface area contributed by atoms with Crippen LogP contribution in [-0.4, -0.2) is 15.0 Å². The van der Waals surface area contributed by atoms with Gasteiger partial charge in [-0.2, -0.15) is 0 Å². The van der Waals surface area contributed by atoms with Gasteiger partial charge >= 0.3 is 0 Å². The lowest BCUT2D eigenvalue weighted by molar-refractivity contribution is 0.668. The number of aromatic nitrogens is 3. The Labute approximate surface area is 362 Å². The van der Waals surface area contributed by atoms with Gasteiger partial charge in [-0.05, 0) is 92.5 Å². The Morgan fingerprint density at radius 1 is 0.302 bits per heavy atom. The summed E-state index contributed by atoms with van der Waals surface area (Å²) in [5.74, 6) is 1.91. The predicted octanol–water partition coefficient (Wildman–Crippen LogP) is 15.2. The quantitative estimate of drug-likeness (QED) is 0.167. The lowest BCUT2D eigenvalue weighted by atomic mass is 9.87. The van der Waals surface area contributed by atoms with Gasteiger partial charge in [0.15, 0.2) is 17.5 Å². The van der Waals surface area contributed by atoms with Gasteiger partial charge in [-0.15, -0.1) is 0 Å². The first-order valence-corrected chi connectivity index (χ1v) is 21.3. The van der Waals surface area contributed by atoms with E-state index in [0.29, 0.717) is 17.5 Å². The third kappa shape index (κ3) is 5.74. The molecule has 294 valence electrons. The Balaban J connectivity index is 0.964. The Hall–Kier alpha value is -8.41. The van der Waals surface area contributed by atoms with Crippen LogP contribution < -0.4 is 0 Å². The summed E-state index contributed by atoms with van der Waals surface area (Å²) in [7, 11) is 0. The van der Waals surface area contributed by atoms with E-state index in [1.165, 1.54) is 38.9 Å². The van der Waals surface area contributed by atoms with Gasteiger partial charge in [0.05, 0.1) is 0 Å². The van der Waals surface area contributed by atoms with Crippen molar-refractivity contribution in [3.63, 3.8) is 0 Å². The number of furan rings is 2. The number of rotatable bonds is 6. The van der Waals surface area contributed by atoms with Crippen molar-refractivity contribution < 1.29 is 8.83 Å². The summed E-state index contributed by atoms with van der Waals surface area (Å²) in [6, 6.07) is 72.3. The summed E-state index contributed by atoms with van der Waals surface area (Å²) in [4.78, 5) is 15.1. The molecule has 1 aliphatic carbocycles. The first-order chi connectivity index (χ1) is 31.2. The monoisotopic (exact) mass is 805 g/mol. The Kier molecular flexibility index (Phi) is 7.90. The van der Waals surface area contributed by atoms with Gasteiger partial charge in [-0.1, -0.05) is 164 Å². The van der Waals surface area contributed by atoms with Crippen LogP contribution in [0.3, 0.4) is 0 Å². The van der Waals surface area contributed by atoms with Gasteiger partial charge in [0.1, 0.15) is 22.3 Å². The number of nitrogens with zero attached hydrogens (tertiary/aromatic N) is 3. The third-order valence-electron chi connectivity index (χ3n) is 12.6. The van der Waals surface area contributed by atoms with Gasteiger partial charge in [0.25, 0.3) is 0 Å². The minimum atomic E-state index is 0.0924. The maximum absolute atomic E-state index is 6.61. The maximum Gasteiger partial charge on any atom is 0.164 e. The fraction of sp³-hybridized carbons (Fsp3) is 0.0172. The molecule has 9 aromatic carbocycles. The van der Waals surface area contributed by atoms with Crippen molar-refractivity contribution in [2.45, 2.75) is 5.92 Å². The molecule has 0 N–H and O–H groups in total. The summed E-state index contributed by atoms with van der Waals surface area (Å²) < 4.78 is 13.2. The van der Waals surface area contributed by atoms with E-state index in [1.807, 2.05) is 72.8 Å². The Morgan fingerprint density at radius 3 is 1.52 bits per heavy atom. The number of hydrogen-bond acceptors (Lipinski definition) is 5. The van der Waals surface area contributed by atoms with Crippen LogP contribution in [0.15, 0.2) is 215 Å². The molecule has 1 unspecified atom stereocenters. The largest absolute Gasteiger partial charge is 0.456 e. The fourth-order valence-corrected chi connectivity index (χ4v) is 9.75. The lowest BCUT2D eigenvalue weighted by Gasteiger charge is -2.15. The zero-order chi connectivity index (χ0) is 41.4. The summed E-state index contributed by atoms with van der Waals surface area (Å²) >= 11 is 0. The minimum absolute atomic E-state index is 0.0924. The van der Waals surface area contributed by atoms with Crippen LogP contribution in [0.1, 0.15) is 22.6 Å². The van der Waals surface area contributed by atoms with Gasteiger partial charge in [0.2, 0.25) is 0 Å². The summed E-state index contributed by atoms with van der Waals surface area (Å²) in [6.07, 6.45) is 0. The molecule has 12 aromatic rings. The molecule has 0 amide bonds. The van der Waals surface area contributed by atoms with Crippen molar-refractivity contribution in [2.75, 3.05) is 0 Å². The van der Waals surface area contributed by atoms with E-state index in [4.69, 9.17) is 23.8 Å². The normalized spacial score (nSPS) is 13.2. The average molecular weight is 806 g/mol. The van der Waals surface area contributed by atoms with E-state index < -0.39 is 0 Å². The third-order valence-corrected chi connectivity index (χ3v) is 12.6. The van der Waals surface area contributed by atoms with Crippen molar-refractivity contribution in [1.82, 2.24) is 15.0 Å². The zero-order valence-corrected chi connectivity index (χ0v) is 33.9. The van der Waals surface area contributed by atoms with E-state index in [1.54, 1.807) is 0 Å². The predicted molar refractivity (Wildman–Crippen MR) is 254 cm³/mol. The molecule has 3 heterocycles. The molecule has 5 nitrogen and oxygen atoms in total. The number of hydrogen-bond donors (Lipinski definition) is 0. The highest BCUT2D eigenvalue weighted by atomic mass is 16.3. The Morgan fingerprint density at radius 2 is 0.825 bits per heavy atom. The summed E-state index contributed by atoms with van der Waals surface area (Å²) in [6.45, 7) is 0. The van der Waals surface area contributed by atoms with Crippen LogP contribution in [0.2, 0.25) is 0 Å². The Bertz CT molecular complexity index is 3680. The molecule has 13 rings (SSSR count). The van der Waals surface area contributed by atoms with Crippen molar-refractivity contribution in [3.8, 4) is 67.5 Å². The zero-order valence-electron chi connectivity index (χ0n) is 33.9. The second kappa shape index (κ2) is 14.1. The molecule has 0 saturated carbocycles. The van der Waals surface area contributed by atoms with Crippen LogP contribution in [0.5, 0.6) is 0 Å². The van der Waals surface area contributed by atoms with Crippen LogP contribution in [0.25, 0.3) is 111 Å². The van der Waals surface area contributed by atoms with E-state index in [0.717, 1.165) is 71.7 Å². The van der Waals surface area contributed by atoms with Gasteiger partial charge in [-0.25, -0.2) is 15.0 Å². The molecular weight excluding hydrogens is 771 g/mol. The van der Waals surface area contributed by atoms with Gasteiger partial charge < -0.3 is 8.83 Å². The number of benzene rings is 9. The van der Waals surface area contributed by atoms with Crippen molar-refractivity contribution >= 4 is 43.9 Å². The molecule has 0 radical (unpaired) electrons. The highest BCUT2D eigenvalue weighted by Crippen LogP contribution is 2.50. The second-order valence-corrected chi connectivity index (χ2v) is 16.3.